The van der Waals surface area contributed by atoms with Gasteiger partial charge in [-0.3, -0.25) is 4.79 Å². The number of benzene rings is 1. The highest BCUT2D eigenvalue weighted by atomic mass is 16.6. The summed E-state index contributed by atoms with van der Waals surface area (Å²) in [6.07, 6.45) is 5.34. The minimum absolute atomic E-state index is 0.174. The number of nitrogens with zero attached hydrogens (tertiary/aromatic N) is 1. The molecule has 0 amide bonds. The number of hydrogen-bond acceptors (Lipinski definition) is 4. The third kappa shape index (κ3) is 4.47. The van der Waals surface area contributed by atoms with Crippen molar-refractivity contribution in [2.75, 3.05) is 27.7 Å². The van der Waals surface area contributed by atoms with Gasteiger partial charge in [-0.2, -0.15) is 0 Å². The largest absolute Gasteiger partial charge is 0.497 e. The van der Waals surface area contributed by atoms with Gasteiger partial charge in [-0.25, -0.2) is 0 Å². The second-order valence-corrected chi connectivity index (χ2v) is 6.81. The van der Waals surface area contributed by atoms with Crippen molar-refractivity contribution in [3.8, 4) is 5.75 Å². The fraction of sp³-hybridized carbons (Fsp3) is 0.632. The van der Waals surface area contributed by atoms with E-state index in [2.05, 4.69) is 31.1 Å². The summed E-state index contributed by atoms with van der Waals surface area (Å²) < 4.78 is 11.2. The first-order chi connectivity index (χ1) is 11.0. The molecule has 23 heavy (non-hydrogen) atoms. The van der Waals surface area contributed by atoms with E-state index in [-0.39, 0.29) is 17.5 Å². The van der Waals surface area contributed by atoms with Gasteiger partial charge in [0.25, 0.3) is 0 Å². The van der Waals surface area contributed by atoms with Crippen LogP contribution in [-0.2, 0) is 9.53 Å². The van der Waals surface area contributed by atoms with Crippen molar-refractivity contribution >= 4 is 5.97 Å². The van der Waals surface area contributed by atoms with Crippen LogP contribution in [-0.4, -0.2) is 44.2 Å². The van der Waals surface area contributed by atoms with Crippen molar-refractivity contribution < 1.29 is 14.3 Å². The van der Waals surface area contributed by atoms with Gasteiger partial charge >= 0.3 is 5.97 Å². The van der Waals surface area contributed by atoms with Gasteiger partial charge in [0.15, 0.2) is 0 Å². The highest BCUT2D eigenvalue weighted by molar-refractivity contribution is 5.66. The fourth-order valence-corrected chi connectivity index (χ4v) is 3.74. The standard InChI is InChI=1S/C19H29NO3/c1-15(21)23-19(12-6-5-7-13-19)18(14-20(2)3)16-8-10-17(22-4)11-9-16/h8-11,18H,5-7,12-14H2,1-4H3. The van der Waals surface area contributed by atoms with Crippen molar-refractivity contribution in [2.45, 2.75) is 50.5 Å². The lowest BCUT2D eigenvalue weighted by Crippen LogP contribution is -2.46. The van der Waals surface area contributed by atoms with Crippen molar-refractivity contribution in [2.24, 2.45) is 0 Å². The van der Waals surface area contributed by atoms with Gasteiger partial charge in [-0.1, -0.05) is 18.6 Å². The maximum Gasteiger partial charge on any atom is 0.303 e. The van der Waals surface area contributed by atoms with Gasteiger partial charge in [0.2, 0.25) is 0 Å². The van der Waals surface area contributed by atoms with Gasteiger partial charge in [0.1, 0.15) is 11.4 Å². The minimum atomic E-state index is -0.386. The zero-order valence-electron chi connectivity index (χ0n) is 14.8. The first-order valence-corrected chi connectivity index (χ1v) is 8.45. The van der Waals surface area contributed by atoms with Crippen molar-refractivity contribution in [3.05, 3.63) is 29.8 Å². The lowest BCUT2D eigenvalue weighted by atomic mass is 9.72. The number of methoxy groups -OCH3 is 1. The lowest BCUT2D eigenvalue weighted by molar-refractivity contribution is -0.164. The zero-order chi connectivity index (χ0) is 16.9. The monoisotopic (exact) mass is 319 g/mol. The normalized spacial score (nSPS) is 18.5. The Morgan fingerprint density at radius 2 is 1.78 bits per heavy atom. The number of esters is 1. The molecule has 128 valence electrons. The van der Waals surface area contributed by atoms with E-state index < -0.39 is 0 Å². The summed E-state index contributed by atoms with van der Waals surface area (Å²) in [6.45, 7) is 2.39. The molecule has 1 aromatic rings. The van der Waals surface area contributed by atoms with E-state index in [0.29, 0.717) is 0 Å². The molecule has 1 aromatic carbocycles. The third-order valence-electron chi connectivity index (χ3n) is 4.75. The summed E-state index contributed by atoms with van der Waals surface area (Å²) in [5.74, 6) is 0.847. The first kappa shape index (κ1) is 17.8. The van der Waals surface area contributed by atoms with Gasteiger partial charge in [-0.05, 0) is 57.5 Å². The van der Waals surface area contributed by atoms with Crippen molar-refractivity contribution in [1.82, 2.24) is 4.90 Å². The average Bonchev–Trinajstić information content (AvgIpc) is 2.53. The van der Waals surface area contributed by atoms with Crippen LogP contribution in [0.3, 0.4) is 0 Å². The van der Waals surface area contributed by atoms with Gasteiger partial charge in [0.05, 0.1) is 7.11 Å². The second kappa shape index (κ2) is 7.82. The SMILES string of the molecule is COc1ccc(C(CN(C)C)C2(OC(C)=O)CCCCC2)cc1. The van der Waals surface area contributed by atoms with E-state index in [4.69, 9.17) is 9.47 Å². The Hall–Kier alpha value is -1.55. The predicted molar refractivity (Wildman–Crippen MR) is 91.9 cm³/mol. The number of hydrogen-bond donors (Lipinski definition) is 0. The predicted octanol–water partition coefficient (Wildman–Crippen LogP) is 3.61. The van der Waals surface area contributed by atoms with E-state index in [9.17, 15) is 4.79 Å². The molecule has 1 unspecified atom stereocenters. The maximum atomic E-state index is 11.8. The van der Waals surface area contributed by atoms with Crippen LogP contribution in [0, 0.1) is 0 Å². The van der Waals surface area contributed by atoms with Crippen LogP contribution in [0.15, 0.2) is 24.3 Å². The molecule has 4 heteroatoms. The summed E-state index contributed by atoms with van der Waals surface area (Å²) in [5.41, 5.74) is 0.825. The second-order valence-electron chi connectivity index (χ2n) is 6.81. The molecule has 1 atom stereocenters. The molecule has 0 aromatic heterocycles. The summed E-state index contributed by atoms with van der Waals surface area (Å²) in [4.78, 5) is 14.0. The van der Waals surface area contributed by atoms with Crippen molar-refractivity contribution in [3.63, 3.8) is 0 Å². The molecule has 1 fully saturated rings. The van der Waals surface area contributed by atoms with Crippen LogP contribution >= 0.6 is 0 Å². The van der Waals surface area contributed by atoms with Crippen LogP contribution in [0.5, 0.6) is 5.75 Å². The van der Waals surface area contributed by atoms with Gasteiger partial charge < -0.3 is 14.4 Å². The molecule has 4 nitrogen and oxygen atoms in total. The molecular formula is C19H29NO3. The van der Waals surface area contributed by atoms with Gasteiger partial charge in [-0.15, -0.1) is 0 Å². The molecule has 0 N–H and O–H groups in total. The van der Waals surface area contributed by atoms with Crippen LogP contribution in [0.25, 0.3) is 0 Å². The van der Waals surface area contributed by atoms with E-state index in [1.54, 1.807) is 7.11 Å². The molecule has 0 saturated heterocycles. The minimum Gasteiger partial charge on any atom is -0.497 e. The van der Waals surface area contributed by atoms with Crippen molar-refractivity contribution in [1.29, 1.82) is 0 Å². The Morgan fingerprint density at radius 1 is 1.17 bits per heavy atom. The number of rotatable bonds is 6. The molecule has 1 aliphatic carbocycles. The molecule has 0 radical (unpaired) electrons. The maximum absolute atomic E-state index is 11.8. The van der Waals surface area contributed by atoms with E-state index in [0.717, 1.165) is 38.0 Å². The topological polar surface area (TPSA) is 38.8 Å². The molecule has 0 bridgehead atoms. The van der Waals surface area contributed by atoms with E-state index >= 15 is 0 Å². The summed E-state index contributed by atoms with van der Waals surface area (Å²) >= 11 is 0. The first-order valence-electron chi connectivity index (χ1n) is 8.45. The highest BCUT2D eigenvalue weighted by Crippen LogP contribution is 2.43. The van der Waals surface area contributed by atoms with E-state index in [1.165, 1.54) is 18.9 Å². The third-order valence-corrected chi connectivity index (χ3v) is 4.75. The Morgan fingerprint density at radius 3 is 2.26 bits per heavy atom. The number of carbonyl (C=O) groups excluding carboxylic acids is 1. The lowest BCUT2D eigenvalue weighted by Gasteiger charge is -2.44. The molecular weight excluding hydrogens is 290 g/mol. The highest BCUT2D eigenvalue weighted by Gasteiger charge is 2.43. The Balaban J connectivity index is 2.37. The molecule has 0 aliphatic heterocycles. The zero-order valence-corrected chi connectivity index (χ0v) is 14.8. The number of likely N-dealkylation sites (N-methyl/N-ethyl adjacent to an activating group) is 1. The smallest absolute Gasteiger partial charge is 0.303 e. The summed E-state index contributed by atoms with van der Waals surface area (Å²) in [7, 11) is 5.81. The Labute approximate surface area is 139 Å². The van der Waals surface area contributed by atoms with Crippen LogP contribution in [0.1, 0.15) is 50.5 Å². The quantitative estimate of drug-likeness (QED) is 0.751. The Bertz CT molecular complexity index is 504. The average molecular weight is 319 g/mol. The molecule has 1 saturated carbocycles. The Kier molecular flexibility index (Phi) is 6.05. The fourth-order valence-electron chi connectivity index (χ4n) is 3.74. The summed E-state index contributed by atoms with van der Waals surface area (Å²) in [6, 6.07) is 8.18. The van der Waals surface area contributed by atoms with Gasteiger partial charge in [0, 0.05) is 19.4 Å². The molecule has 2 rings (SSSR count). The van der Waals surface area contributed by atoms with Crippen LogP contribution < -0.4 is 4.74 Å². The van der Waals surface area contributed by atoms with Crippen LogP contribution in [0.2, 0.25) is 0 Å². The number of carbonyl (C=O) groups is 1. The van der Waals surface area contributed by atoms with E-state index in [1.807, 2.05) is 12.1 Å². The summed E-state index contributed by atoms with van der Waals surface area (Å²) in [5, 5.41) is 0. The number of ether oxygens (including phenoxy) is 2. The van der Waals surface area contributed by atoms with Crippen LogP contribution in [0.4, 0.5) is 0 Å². The molecule has 0 heterocycles. The molecule has 1 aliphatic rings. The molecule has 0 spiro atoms.